The fourth-order valence-corrected chi connectivity index (χ4v) is 12.1. The Labute approximate surface area is 502 Å². The van der Waals surface area contributed by atoms with Gasteiger partial charge in [0.2, 0.25) is 0 Å². The van der Waals surface area contributed by atoms with Crippen LogP contribution in [0.25, 0.3) is 115 Å². The molecule has 0 aliphatic rings. The zero-order valence-corrected chi connectivity index (χ0v) is 47.2. The average Bonchev–Trinajstić information content (AvgIpc) is 1.50. The van der Waals surface area contributed by atoms with Crippen molar-refractivity contribution < 1.29 is 65.9 Å². The summed E-state index contributed by atoms with van der Waals surface area (Å²) < 4.78 is 226. The highest BCUT2D eigenvalue weighted by molar-refractivity contribution is 6.14. The van der Waals surface area contributed by atoms with Crippen LogP contribution in [0.1, 0.15) is 55.6 Å². The number of hydrogen-bond donors (Lipinski definition) is 0. The lowest BCUT2D eigenvalue weighted by Gasteiger charge is -2.24. The molecule has 0 atom stereocenters. The molecule has 10 aromatic carbocycles. The number of hydrogen-bond acceptors (Lipinski definition) is 1. The van der Waals surface area contributed by atoms with Crippen molar-refractivity contribution in [3.05, 3.63) is 243 Å². The fourth-order valence-electron chi connectivity index (χ4n) is 12.1. The summed E-state index contributed by atoms with van der Waals surface area (Å²) in [5.41, 5.74) is -6.11. The van der Waals surface area contributed by atoms with Crippen LogP contribution in [0.4, 0.5) is 71.5 Å². The zero-order chi connectivity index (χ0) is 64.5. The normalized spacial score (nSPS) is 12.6. The minimum absolute atomic E-state index is 0.0503. The monoisotopic (exact) mass is 1230 g/mol. The van der Waals surface area contributed by atoms with Crippen LogP contribution in [0, 0.1) is 45.6 Å². The highest BCUT2D eigenvalue weighted by Gasteiger charge is 2.39. The van der Waals surface area contributed by atoms with Gasteiger partial charge in [-0.15, -0.1) is 0 Å². The van der Waals surface area contributed by atoms with Crippen molar-refractivity contribution in [2.45, 2.75) is 58.6 Å². The summed E-state index contributed by atoms with van der Waals surface area (Å²) in [5, 5.41) is 12.5. The van der Waals surface area contributed by atoms with Gasteiger partial charge in [-0.3, -0.25) is 0 Å². The minimum atomic E-state index is -5.29. The van der Waals surface area contributed by atoms with Crippen molar-refractivity contribution in [2.24, 2.45) is 0 Å². The number of benzene rings is 10. The highest BCUT2D eigenvalue weighted by atomic mass is 19.4. The number of aromatic nitrogens is 2. The molecule has 12 rings (SSSR count). The predicted molar refractivity (Wildman–Crippen MR) is 317 cm³/mol. The molecule has 0 spiro atoms. The maximum atomic E-state index is 16.2. The Balaban J connectivity index is 1.30. The summed E-state index contributed by atoms with van der Waals surface area (Å²) in [4.78, 5) is 3.62. The minimum Gasteiger partial charge on any atom is -0.309 e. The van der Waals surface area contributed by atoms with E-state index in [0.717, 1.165) is 66.7 Å². The van der Waals surface area contributed by atoms with Gasteiger partial charge in [-0.2, -0.15) is 71.1 Å². The van der Waals surface area contributed by atoms with E-state index in [1.54, 1.807) is 24.3 Å². The van der Waals surface area contributed by atoms with Gasteiger partial charge in [-0.25, -0.2) is 4.85 Å². The molecule has 0 aliphatic carbocycles. The quantitative estimate of drug-likeness (QED) is 0.116. The van der Waals surface area contributed by atoms with Crippen LogP contribution in [0.5, 0.6) is 0 Å². The number of rotatable bonds is 7. The van der Waals surface area contributed by atoms with E-state index in [4.69, 9.17) is 6.57 Å². The first kappa shape index (κ1) is 60.0. The lowest BCUT2D eigenvalue weighted by molar-refractivity contribution is -0.138. The lowest BCUT2D eigenvalue weighted by atomic mass is 9.92. The van der Waals surface area contributed by atoms with Crippen LogP contribution in [0.15, 0.2) is 176 Å². The van der Waals surface area contributed by atoms with Gasteiger partial charge in [-0.1, -0.05) is 91.0 Å². The van der Waals surface area contributed by atoms with E-state index in [2.05, 4.69) is 10.9 Å². The summed E-state index contributed by atoms with van der Waals surface area (Å²) in [5.74, 6) is 0. The van der Waals surface area contributed by atoms with E-state index in [9.17, 15) is 57.9 Å². The highest BCUT2D eigenvalue weighted by Crippen LogP contribution is 2.52. The summed E-state index contributed by atoms with van der Waals surface area (Å²) in [7, 11) is 0. The number of alkyl halides is 15. The number of fused-ring (bicyclic) bond motifs is 6. The van der Waals surface area contributed by atoms with Gasteiger partial charge >= 0.3 is 30.9 Å². The molecule has 0 saturated heterocycles. The lowest BCUT2D eigenvalue weighted by Crippen LogP contribution is -2.11. The first-order chi connectivity index (χ1) is 42.3. The van der Waals surface area contributed by atoms with Crippen LogP contribution in [0.2, 0.25) is 0 Å². The van der Waals surface area contributed by atoms with Gasteiger partial charge in [0.05, 0.1) is 79.5 Å². The van der Waals surface area contributed by atoms with Crippen molar-refractivity contribution in [2.75, 3.05) is 0 Å². The van der Waals surface area contributed by atoms with Crippen molar-refractivity contribution in [1.29, 1.82) is 5.26 Å². The predicted octanol–water partition coefficient (Wildman–Crippen LogP) is 23.0. The Bertz CT molecular complexity index is 4560. The Morgan fingerprint density at radius 1 is 0.344 bits per heavy atom. The van der Waals surface area contributed by atoms with Crippen molar-refractivity contribution in [3.63, 3.8) is 0 Å². The Morgan fingerprint density at radius 2 is 0.644 bits per heavy atom. The topological polar surface area (TPSA) is 38.0 Å². The Kier molecular flexibility index (Phi) is 14.2. The van der Waals surface area contributed by atoms with E-state index in [1.807, 2.05) is 0 Å². The molecule has 0 bridgehead atoms. The molecular weight excluding hydrogens is 1190 g/mol. The molecule has 0 aliphatic heterocycles. The van der Waals surface area contributed by atoms with E-state index >= 15 is 13.2 Å². The molecular formula is C71H41F15N4. The van der Waals surface area contributed by atoms with Crippen molar-refractivity contribution in [3.8, 4) is 73.1 Å². The average molecular weight is 1240 g/mol. The van der Waals surface area contributed by atoms with E-state index in [-0.39, 0.29) is 106 Å². The molecule has 19 heteroatoms. The summed E-state index contributed by atoms with van der Waals surface area (Å²) in [6.07, 6.45) is -24.6. The molecule has 2 heterocycles. The molecule has 4 nitrogen and oxygen atoms in total. The maximum Gasteiger partial charge on any atom is 0.416 e. The van der Waals surface area contributed by atoms with E-state index in [0.29, 0.717) is 21.5 Å². The first-order valence-corrected chi connectivity index (χ1v) is 27.4. The van der Waals surface area contributed by atoms with Crippen molar-refractivity contribution in [1.82, 2.24) is 9.13 Å². The fraction of sp³-hybridized carbons (Fsp3) is 0.127. The second-order valence-electron chi connectivity index (χ2n) is 22.3. The second kappa shape index (κ2) is 21.2. The molecule has 2 aromatic heterocycles. The van der Waals surface area contributed by atoms with E-state index in [1.165, 1.54) is 122 Å². The molecule has 0 N–H and O–H groups in total. The summed E-state index contributed by atoms with van der Waals surface area (Å²) >= 11 is 0. The van der Waals surface area contributed by atoms with Gasteiger partial charge in [-0.05, 0) is 179 Å². The van der Waals surface area contributed by atoms with Gasteiger partial charge in [0.15, 0.2) is 5.69 Å². The van der Waals surface area contributed by atoms with Gasteiger partial charge in [0.1, 0.15) is 0 Å². The molecule has 0 fully saturated rings. The van der Waals surface area contributed by atoms with E-state index < -0.39 is 75.5 Å². The third-order valence-electron chi connectivity index (χ3n) is 15.9. The third-order valence-corrected chi connectivity index (χ3v) is 15.9. The number of halogens is 15. The second-order valence-corrected chi connectivity index (χ2v) is 22.3. The van der Waals surface area contributed by atoms with Crippen LogP contribution in [-0.4, -0.2) is 9.13 Å². The molecule has 0 radical (unpaired) electrons. The third kappa shape index (κ3) is 10.8. The van der Waals surface area contributed by atoms with Crippen LogP contribution >= 0.6 is 0 Å². The molecule has 450 valence electrons. The number of aryl methyl sites for hydroxylation is 4. The van der Waals surface area contributed by atoms with Gasteiger partial charge in [0, 0.05) is 32.7 Å². The van der Waals surface area contributed by atoms with Crippen LogP contribution in [-0.2, 0) is 30.9 Å². The van der Waals surface area contributed by atoms with Crippen molar-refractivity contribution >= 4 is 49.3 Å². The molecule has 0 saturated carbocycles. The first-order valence-electron chi connectivity index (χ1n) is 27.4. The molecule has 0 unspecified atom stereocenters. The maximum absolute atomic E-state index is 16.2. The van der Waals surface area contributed by atoms with Crippen LogP contribution < -0.4 is 0 Å². The van der Waals surface area contributed by atoms with Crippen LogP contribution in [0.3, 0.4) is 0 Å². The summed E-state index contributed by atoms with van der Waals surface area (Å²) in [6, 6.07) is 38.8. The zero-order valence-electron chi connectivity index (χ0n) is 47.2. The number of nitriles is 1. The number of nitrogens with zero attached hydrogens (tertiary/aromatic N) is 4. The Hall–Kier alpha value is -10.3. The van der Waals surface area contributed by atoms with Gasteiger partial charge in [0.25, 0.3) is 0 Å². The standard InChI is InChI=1S/C71H41F15N4/c1-36-17-45(27-49(21-36)67(72,73)74)41-9-13-53-54-14-10-42(46-18-37(2)22-50(28-46)68(75,76)77)32-60(54)89(59(53)31-41)63-25-40(35-87)26-64(66(63)65-57(71(84,85)86)7-6-8-58(65)88-5)90-61-33-43(47-19-38(3)23-51(29-47)69(78,79)80)11-15-55(61)56-16-12-44(34-62(56)90)48-20-39(4)24-52(30-48)70(81,82)83/h6-34H,1-4H3. The smallest absolute Gasteiger partial charge is 0.309 e. The molecule has 0 amide bonds. The van der Waals surface area contributed by atoms with Gasteiger partial charge < -0.3 is 9.13 Å². The largest absolute Gasteiger partial charge is 0.416 e. The molecule has 12 aromatic rings. The SMILES string of the molecule is [C-]#[N+]c1cccc(C(F)(F)F)c1-c1c(-n2c3cc(-c4cc(C)cc(C(F)(F)F)c4)ccc3c3ccc(-c4cc(C)cc(C(F)(F)F)c4)cc32)cc(C#N)cc1-n1c2cc(-c3cc(C)cc(C(F)(F)F)c3)ccc2c2ccc(-c3cc(C)cc(C(F)(F)F)c3)cc21. The summed E-state index contributed by atoms with van der Waals surface area (Å²) in [6.45, 7) is 14.3. The molecule has 90 heavy (non-hydrogen) atoms. The Morgan fingerprint density at radius 3 is 0.900 bits per heavy atom.